The fourth-order valence-electron chi connectivity index (χ4n) is 1.31. The second kappa shape index (κ2) is 5.50. The maximum absolute atomic E-state index is 11.9. The molecule has 0 spiro atoms. The van der Waals surface area contributed by atoms with E-state index in [-0.39, 0.29) is 0 Å². The molecule has 0 radical (unpaired) electrons. The summed E-state index contributed by atoms with van der Waals surface area (Å²) in [5, 5.41) is 8.69. The number of anilines is 1. The minimum atomic E-state index is -0.545. The minimum absolute atomic E-state index is 0.442. The van der Waals surface area contributed by atoms with Gasteiger partial charge in [-0.3, -0.25) is 4.90 Å². The third-order valence-corrected chi connectivity index (χ3v) is 2.08. The summed E-state index contributed by atoms with van der Waals surface area (Å²) in [4.78, 5) is 17.4. The molecule has 0 fully saturated rings. The first-order chi connectivity index (χ1) is 8.37. The average Bonchev–Trinajstić information content (AvgIpc) is 2.28. The molecule has 0 unspecified atom stereocenters. The lowest BCUT2D eigenvalue weighted by Gasteiger charge is -2.25. The van der Waals surface area contributed by atoms with E-state index in [0.717, 1.165) is 0 Å². The number of rotatable bonds is 2. The summed E-state index contributed by atoms with van der Waals surface area (Å²) in [6, 6.07) is 5.23. The van der Waals surface area contributed by atoms with Crippen LogP contribution in [-0.4, -0.2) is 23.2 Å². The molecular formula is C13H17N3O2. The number of pyridine rings is 1. The van der Waals surface area contributed by atoms with Crippen LogP contribution in [0.25, 0.3) is 0 Å². The van der Waals surface area contributed by atoms with Gasteiger partial charge in [0.15, 0.2) is 0 Å². The Balaban J connectivity index is 2.89. The van der Waals surface area contributed by atoms with Gasteiger partial charge < -0.3 is 4.74 Å². The van der Waals surface area contributed by atoms with Crippen LogP contribution in [0.15, 0.2) is 18.3 Å². The molecule has 1 aromatic heterocycles. The van der Waals surface area contributed by atoms with Crippen LogP contribution in [-0.2, 0) is 4.74 Å². The van der Waals surface area contributed by atoms with Crippen molar-refractivity contribution in [2.45, 2.75) is 33.3 Å². The zero-order valence-electron chi connectivity index (χ0n) is 11.1. The van der Waals surface area contributed by atoms with Crippen molar-refractivity contribution in [3.63, 3.8) is 0 Å². The normalized spacial score (nSPS) is 10.6. The van der Waals surface area contributed by atoms with E-state index < -0.39 is 11.7 Å². The molecule has 1 heterocycles. The van der Waals surface area contributed by atoms with Gasteiger partial charge in [0.1, 0.15) is 17.5 Å². The topological polar surface area (TPSA) is 66.2 Å². The number of hydrogen-bond donors (Lipinski definition) is 0. The van der Waals surface area contributed by atoms with E-state index in [0.29, 0.717) is 17.9 Å². The van der Waals surface area contributed by atoms with Gasteiger partial charge in [0.25, 0.3) is 0 Å². The monoisotopic (exact) mass is 247 g/mol. The molecule has 0 saturated carbocycles. The first kappa shape index (κ1) is 14.0. The third-order valence-electron chi connectivity index (χ3n) is 2.08. The van der Waals surface area contributed by atoms with Crippen LogP contribution in [0, 0.1) is 11.3 Å². The summed E-state index contributed by atoms with van der Waals surface area (Å²) in [6.07, 6.45) is 0.990. The lowest BCUT2D eigenvalue weighted by Crippen LogP contribution is -2.37. The Morgan fingerprint density at radius 2 is 2.17 bits per heavy atom. The second-order valence-electron chi connectivity index (χ2n) is 4.74. The maximum atomic E-state index is 11.9. The number of aromatic nitrogens is 1. The second-order valence-corrected chi connectivity index (χ2v) is 4.74. The van der Waals surface area contributed by atoms with Crippen molar-refractivity contribution in [2.75, 3.05) is 11.4 Å². The van der Waals surface area contributed by atoms with E-state index in [9.17, 15) is 4.79 Å². The Labute approximate surface area is 107 Å². The van der Waals surface area contributed by atoms with Crippen molar-refractivity contribution >= 4 is 11.9 Å². The van der Waals surface area contributed by atoms with Crippen LogP contribution in [0.3, 0.4) is 0 Å². The van der Waals surface area contributed by atoms with Gasteiger partial charge in [0.05, 0.1) is 5.56 Å². The Kier molecular flexibility index (Phi) is 4.27. The summed E-state index contributed by atoms with van der Waals surface area (Å²) in [5.74, 6) is 0.478. The van der Waals surface area contributed by atoms with Gasteiger partial charge in [0.2, 0.25) is 0 Å². The van der Waals surface area contributed by atoms with Crippen molar-refractivity contribution < 1.29 is 9.53 Å². The van der Waals surface area contributed by atoms with Crippen LogP contribution in [0.2, 0.25) is 0 Å². The minimum Gasteiger partial charge on any atom is -0.443 e. The molecule has 1 amide bonds. The molecule has 1 aromatic rings. The van der Waals surface area contributed by atoms with Gasteiger partial charge >= 0.3 is 6.09 Å². The zero-order valence-corrected chi connectivity index (χ0v) is 11.1. The Morgan fingerprint density at radius 1 is 1.50 bits per heavy atom. The highest BCUT2D eigenvalue weighted by molar-refractivity contribution is 5.86. The van der Waals surface area contributed by atoms with Gasteiger partial charge in [0, 0.05) is 12.7 Å². The highest BCUT2D eigenvalue weighted by Gasteiger charge is 2.22. The van der Waals surface area contributed by atoms with Crippen molar-refractivity contribution in [2.24, 2.45) is 0 Å². The summed E-state index contributed by atoms with van der Waals surface area (Å²) in [6.45, 7) is 7.72. The summed E-state index contributed by atoms with van der Waals surface area (Å²) in [5.41, 5.74) is -0.0871. The van der Waals surface area contributed by atoms with Crippen molar-refractivity contribution in [1.82, 2.24) is 4.98 Å². The van der Waals surface area contributed by atoms with Crippen LogP contribution in [0.1, 0.15) is 33.3 Å². The largest absolute Gasteiger partial charge is 0.443 e. The maximum Gasteiger partial charge on any atom is 0.415 e. The number of hydrogen-bond acceptors (Lipinski definition) is 4. The molecule has 0 aliphatic rings. The number of carbonyl (C=O) groups excluding carboxylic acids is 1. The predicted octanol–water partition coefficient (Wildman–Crippen LogP) is 2.71. The molecule has 0 aromatic carbocycles. The molecule has 96 valence electrons. The first-order valence-corrected chi connectivity index (χ1v) is 5.74. The highest BCUT2D eigenvalue weighted by atomic mass is 16.6. The van der Waals surface area contributed by atoms with E-state index in [1.807, 2.05) is 33.8 Å². The zero-order chi connectivity index (χ0) is 13.8. The number of nitrogens with zero attached hydrogens (tertiary/aromatic N) is 3. The summed E-state index contributed by atoms with van der Waals surface area (Å²) in [7, 11) is 0. The van der Waals surface area contributed by atoms with Crippen LogP contribution < -0.4 is 4.90 Å². The lowest BCUT2D eigenvalue weighted by molar-refractivity contribution is 0.0581. The Bertz CT molecular complexity index is 455. The predicted molar refractivity (Wildman–Crippen MR) is 68.2 cm³/mol. The highest BCUT2D eigenvalue weighted by Crippen LogP contribution is 2.16. The van der Waals surface area contributed by atoms with Crippen molar-refractivity contribution in [1.29, 1.82) is 5.26 Å². The molecule has 1 rings (SSSR count). The average molecular weight is 247 g/mol. The fraction of sp³-hybridized carbons (Fsp3) is 0.462. The Hall–Kier alpha value is -2.09. The molecular weight excluding hydrogens is 230 g/mol. The molecule has 5 nitrogen and oxygen atoms in total. The van der Waals surface area contributed by atoms with E-state index in [1.165, 1.54) is 11.1 Å². The fourth-order valence-corrected chi connectivity index (χ4v) is 1.31. The van der Waals surface area contributed by atoms with Gasteiger partial charge in [-0.25, -0.2) is 9.78 Å². The molecule has 18 heavy (non-hydrogen) atoms. The van der Waals surface area contributed by atoms with Crippen LogP contribution in [0.4, 0.5) is 10.6 Å². The summed E-state index contributed by atoms with van der Waals surface area (Å²) >= 11 is 0. The quantitative estimate of drug-likeness (QED) is 0.805. The molecule has 0 saturated heterocycles. The van der Waals surface area contributed by atoms with Gasteiger partial charge in [-0.15, -0.1) is 0 Å². The number of amides is 1. The number of carbonyl (C=O) groups is 1. The third kappa shape index (κ3) is 3.74. The molecule has 0 bridgehead atoms. The smallest absolute Gasteiger partial charge is 0.415 e. The molecule has 0 aliphatic carbocycles. The molecule has 0 atom stereocenters. The first-order valence-electron chi connectivity index (χ1n) is 5.74. The van der Waals surface area contributed by atoms with E-state index in [1.54, 1.807) is 12.1 Å². The van der Waals surface area contributed by atoms with E-state index in [4.69, 9.17) is 10.00 Å². The van der Waals surface area contributed by atoms with Gasteiger partial charge in [-0.05, 0) is 39.8 Å². The van der Waals surface area contributed by atoms with Gasteiger partial charge in [-0.1, -0.05) is 0 Å². The van der Waals surface area contributed by atoms with E-state index >= 15 is 0 Å². The molecule has 0 N–H and O–H groups in total. The molecule has 5 heteroatoms. The summed E-state index contributed by atoms with van der Waals surface area (Å²) < 4.78 is 5.28. The number of ether oxygens (including phenoxy) is 1. The lowest BCUT2D eigenvalue weighted by atomic mass is 10.2. The van der Waals surface area contributed by atoms with Crippen LogP contribution in [0.5, 0.6) is 0 Å². The van der Waals surface area contributed by atoms with Crippen molar-refractivity contribution in [3.8, 4) is 6.07 Å². The van der Waals surface area contributed by atoms with Crippen molar-refractivity contribution in [3.05, 3.63) is 23.9 Å². The standard InChI is InChI=1S/C13H17N3O2/c1-5-16(12(17)18-13(2,3)4)11-7-6-10(8-14)9-15-11/h6-7,9H,5H2,1-4H3. The molecule has 0 aliphatic heterocycles. The van der Waals surface area contributed by atoms with Crippen LogP contribution >= 0.6 is 0 Å². The van der Waals surface area contributed by atoms with Gasteiger partial charge in [-0.2, -0.15) is 5.26 Å². The SMILES string of the molecule is CCN(C(=O)OC(C)(C)C)c1ccc(C#N)cn1. The Morgan fingerprint density at radius 3 is 2.56 bits per heavy atom. The number of nitriles is 1. The van der Waals surface area contributed by atoms with E-state index in [2.05, 4.69) is 4.98 Å².